The first-order valence-corrected chi connectivity index (χ1v) is 10.1. The van der Waals surface area contributed by atoms with E-state index in [4.69, 9.17) is 5.73 Å². The van der Waals surface area contributed by atoms with Crippen molar-refractivity contribution >= 4 is 33.5 Å². The number of nitrogens with two attached hydrogens (primary N) is 1. The number of likely N-dealkylation sites (N-methyl/N-ethyl adjacent to an activating group) is 1. The van der Waals surface area contributed by atoms with Crippen molar-refractivity contribution in [3.05, 3.63) is 39.9 Å². The van der Waals surface area contributed by atoms with Gasteiger partial charge in [-0.25, -0.2) is 0 Å². The lowest BCUT2D eigenvalue weighted by Gasteiger charge is -2.38. The van der Waals surface area contributed by atoms with Crippen LogP contribution in [0.2, 0.25) is 0 Å². The van der Waals surface area contributed by atoms with Gasteiger partial charge in [-0.15, -0.1) is 0 Å². The van der Waals surface area contributed by atoms with E-state index in [-0.39, 0.29) is 18.6 Å². The Morgan fingerprint density at radius 2 is 1.85 bits per heavy atom. The minimum Gasteiger partial charge on any atom is -0.394 e. The molecule has 0 radical (unpaired) electrons. The molecule has 144 valence electrons. The van der Waals surface area contributed by atoms with Crippen LogP contribution in [-0.4, -0.2) is 65.8 Å². The van der Waals surface area contributed by atoms with E-state index in [0.717, 1.165) is 48.7 Å². The first-order valence-electron chi connectivity index (χ1n) is 9.26. The predicted molar refractivity (Wildman–Crippen MR) is 111 cm³/mol. The van der Waals surface area contributed by atoms with Gasteiger partial charge in [0.05, 0.1) is 12.6 Å². The van der Waals surface area contributed by atoms with Crippen molar-refractivity contribution in [2.45, 2.75) is 19.0 Å². The molecular weight excluding hydrogens is 408 g/mol. The van der Waals surface area contributed by atoms with Crippen LogP contribution < -0.4 is 15.5 Å². The summed E-state index contributed by atoms with van der Waals surface area (Å²) in [6.45, 7) is 4.62. The van der Waals surface area contributed by atoms with E-state index in [9.17, 15) is 5.11 Å². The maximum atomic E-state index is 9.98. The molecule has 1 saturated heterocycles. The number of nitrogens with zero attached hydrogens (tertiary/aromatic N) is 5. The van der Waals surface area contributed by atoms with E-state index in [0.29, 0.717) is 6.54 Å². The largest absolute Gasteiger partial charge is 0.394 e. The van der Waals surface area contributed by atoms with Crippen molar-refractivity contribution in [1.29, 1.82) is 0 Å². The van der Waals surface area contributed by atoms with Crippen molar-refractivity contribution in [1.82, 2.24) is 14.9 Å². The molecule has 0 saturated carbocycles. The maximum absolute atomic E-state index is 9.98. The number of rotatable bonds is 3. The Bertz CT molecular complexity index is 824. The second-order valence-electron chi connectivity index (χ2n) is 7.31. The van der Waals surface area contributed by atoms with Gasteiger partial charge < -0.3 is 25.5 Å². The van der Waals surface area contributed by atoms with Gasteiger partial charge in [-0.2, -0.15) is 9.97 Å². The van der Waals surface area contributed by atoms with Gasteiger partial charge in [0.1, 0.15) is 11.6 Å². The number of hydrogen-bond donors (Lipinski definition) is 2. The number of fused-ring (bicyclic) bond motifs is 1. The van der Waals surface area contributed by atoms with E-state index < -0.39 is 0 Å². The van der Waals surface area contributed by atoms with Crippen LogP contribution in [0, 0.1) is 0 Å². The second-order valence-corrected chi connectivity index (χ2v) is 8.23. The fourth-order valence-electron chi connectivity index (χ4n) is 3.83. The highest BCUT2D eigenvalue weighted by Crippen LogP contribution is 2.31. The molecule has 2 aliphatic rings. The Labute approximate surface area is 167 Å². The molecule has 2 aromatic rings. The van der Waals surface area contributed by atoms with Crippen molar-refractivity contribution in [2.24, 2.45) is 0 Å². The third-order valence-corrected chi connectivity index (χ3v) is 5.95. The molecule has 1 unspecified atom stereocenters. The van der Waals surface area contributed by atoms with E-state index in [1.165, 1.54) is 11.1 Å². The van der Waals surface area contributed by atoms with Crippen LogP contribution in [0.1, 0.15) is 11.1 Å². The molecule has 0 aliphatic carbocycles. The summed E-state index contributed by atoms with van der Waals surface area (Å²) in [5.41, 5.74) is 8.57. The van der Waals surface area contributed by atoms with Gasteiger partial charge in [0.2, 0.25) is 5.95 Å². The van der Waals surface area contributed by atoms with Crippen LogP contribution in [0.3, 0.4) is 0 Å². The highest BCUT2D eigenvalue weighted by molar-refractivity contribution is 9.10. The molecule has 1 aromatic heterocycles. The van der Waals surface area contributed by atoms with Gasteiger partial charge in [0, 0.05) is 43.3 Å². The van der Waals surface area contributed by atoms with Crippen LogP contribution in [-0.2, 0) is 13.0 Å². The summed E-state index contributed by atoms with van der Waals surface area (Å²) >= 11 is 3.55. The van der Waals surface area contributed by atoms with E-state index in [1.54, 1.807) is 0 Å². The van der Waals surface area contributed by atoms with Crippen LogP contribution in [0.15, 0.2) is 28.7 Å². The zero-order valence-electron chi connectivity index (χ0n) is 15.5. The van der Waals surface area contributed by atoms with Crippen molar-refractivity contribution in [3.8, 4) is 0 Å². The summed E-state index contributed by atoms with van der Waals surface area (Å²) in [7, 11) is 2.13. The lowest BCUT2D eigenvalue weighted by atomic mass is 9.94. The quantitative estimate of drug-likeness (QED) is 0.759. The summed E-state index contributed by atoms with van der Waals surface area (Å²) < 4.78 is 1.06. The summed E-state index contributed by atoms with van der Waals surface area (Å²) in [4.78, 5) is 15.7. The van der Waals surface area contributed by atoms with Crippen LogP contribution in [0.25, 0.3) is 0 Å². The number of anilines is 3. The number of aromatic nitrogens is 2. The highest BCUT2D eigenvalue weighted by Gasteiger charge is 2.28. The number of hydrogen-bond acceptors (Lipinski definition) is 7. The summed E-state index contributed by atoms with van der Waals surface area (Å²) in [5, 5.41) is 9.98. The fourth-order valence-corrected chi connectivity index (χ4v) is 4.24. The highest BCUT2D eigenvalue weighted by atomic mass is 79.9. The standard InChI is InChI=1S/C19H25BrN6O/c1-24-4-6-25(7-5-24)17-10-18(23-19(21)22-17)26-11-14-8-15(20)3-2-13(14)9-16(26)12-27/h2-3,8,10,16,27H,4-7,9,11-12H2,1H3,(H2,21,22,23). The molecule has 7 nitrogen and oxygen atoms in total. The molecule has 1 fully saturated rings. The van der Waals surface area contributed by atoms with Crippen LogP contribution in [0.5, 0.6) is 0 Å². The summed E-state index contributed by atoms with van der Waals surface area (Å²) in [5.74, 6) is 1.92. The Balaban J connectivity index is 1.65. The predicted octanol–water partition coefficient (Wildman–Crippen LogP) is 1.50. The van der Waals surface area contributed by atoms with Gasteiger partial charge >= 0.3 is 0 Å². The van der Waals surface area contributed by atoms with Gasteiger partial charge in [0.25, 0.3) is 0 Å². The Morgan fingerprint density at radius 3 is 2.59 bits per heavy atom. The number of aliphatic hydroxyl groups excluding tert-OH is 1. The van der Waals surface area contributed by atoms with E-state index in [1.807, 2.05) is 6.07 Å². The third-order valence-electron chi connectivity index (χ3n) is 5.45. The monoisotopic (exact) mass is 432 g/mol. The zero-order valence-corrected chi connectivity index (χ0v) is 17.1. The first kappa shape index (κ1) is 18.5. The molecular formula is C19H25BrN6O. The molecule has 8 heteroatoms. The Kier molecular flexibility index (Phi) is 5.21. The van der Waals surface area contributed by atoms with Crippen molar-refractivity contribution < 1.29 is 5.11 Å². The molecule has 3 N–H and O–H groups in total. The van der Waals surface area contributed by atoms with Crippen LogP contribution >= 0.6 is 15.9 Å². The van der Waals surface area contributed by atoms with Crippen LogP contribution in [0.4, 0.5) is 17.6 Å². The molecule has 3 heterocycles. The van der Waals surface area contributed by atoms with Gasteiger partial charge in [-0.3, -0.25) is 0 Å². The average Bonchev–Trinajstić information content (AvgIpc) is 2.67. The summed E-state index contributed by atoms with van der Waals surface area (Å²) in [6.07, 6.45) is 0.785. The first-order chi connectivity index (χ1) is 13.0. The molecule has 4 rings (SSSR count). The fraction of sp³-hybridized carbons (Fsp3) is 0.474. The lowest BCUT2D eigenvalue weighted by molar-refractivity contribution is 0.253. The van der Waals surface area contributed by atoms with Crippen molar-refractivity contribution in [3.63, 3.8) is 0 Å². The number of halogens is 1. The zero-order chi connectivity index (χ0) is 19.0. The summed E-state index contributed by atoms with van der Waals surface area (Å²) in [6, 6.07) is 8.31. The molecule has 0 bridgehead atoms. The second kappa shape index (κ2) is 7.61. The van der Waals surface area contributed by atoms with E-state index >= 15 is 0 Å². The van der Waals surface area contributed by atoms with Gasteiger partial charge in [-0.1, -0.05) is 22.0 Å². The molecule has 1 atom stereocenters. The Hall–Kier alpha value is -1.90. The number of nitrogen functional groups attached to an aromatic ring is 1. The SMILES string of the molecule is CN1CCN(c2cc(N3Cc4cc(Br)ccc4CC3CO)nc(N)n2)CC1. The average molecular weight is 433 g/mol. The van der Waals surface area contributed by atoms with Gasteiger partial charge in [-0.05, 0) is 36.7 Å². The minimum atomic E-state index is -0.0201. The number of piperazine rings is 1. The third kappa shape index (κ3) is 3.88. The smallest absolute Gasteiger partial charge is 0.223 e. The number of aliphatic hydroxyl groups is 1. The van der Waals surface area contributed by atoms with Gasteiger partial charge in [0.15, 0.2) is 0 Å². The molecule has 0 spiro atoms. The number of benzene rings is 1. The normalized spacial score (nSPS) is 20.6. The topological polar surface area (TPSA) is 81.8 Å². The molecule has 2 aliphatic heterocycles. The molecule has 27 heavy (non-hydrogen) atoms. The minimum absolute atomic E-state index is 0.0201. The van der Waals surface area contributed by atoms with E-state index in [2.05, 4.69) is 65.8 Å². The molecule has 1 aromatic carbocycles. The Morgan fingerprint density at radius 1 is 1.11 bits per heavy atom. The van der Waals surface area contributed by atoms with Crippen molar-refractivity contribution in [2.75, 3.05) is 55.4 Å². The maximum Gasteiger partial charge on any atom is 0.223 e. The molecule has 0 amide bonds. The lowest BCUT2D eigenvalue weighted by Crippen LogP contribution is -2.45.